The fraction of sp³-hybridized carbons (Fsp3) is 0.500. The van der Waals surface area contributed by atoms with Crippen LogP contribution in [0.1, 0.15) is 72.1 Å². The first kappa shape index (κ1) is 18.8. The topological polar surface area (TPSA) is 60.0 Å². The van der Waals surface area contributed by atoms with E-state index < -0.39 is 0 Å². The molecular formula is C22H26ClN5O. The zero-order chi connectivity index (χ0) is 20.1. The van der Waals surface area contributed by atoms with Gasteiger partial charge in [-0.15, -0.1) is 10.2 Å². The molecule has 6 nitrogen and oxygen atoms in total. The van der Waals surface area contributed by atoms with Gasteiger partial charge in [0, 0.05) is 23.4 Å². The van der Waals surface area contributed by atoms with Gasteiger partial charge < -0.3 is 4.42 Å². The van der Waals surface area contributed by atoms with Crippen LogP contribution in [-0.4, -0.2) is 31.7 Å². The lowest BCUT2D eigenvalue weighted by Crippen LogP contribution is -2.17. The van der Waals surface area contributed by atoms with Crippen LogP contribution < -0.4 is 0 Å². The fourth-order valence-corrected chi connectivity index (χ4v) is 4.91. The van der Waals surface area contributed by atoms with E-state index >= 15 is 0 Å². The predicted octanol–water partition coefficient (Wildman–Crippen LogP) is 4.91. The van der Waals surface area contributed by atoms with Crippen molar-refractivity contribution in [3.8, 4) is 5.69 Å². The van der Waals surface area contributed by atoms with E-state index in [1.165, 1.54) is 5.56 Å². The molecule has 2 aromatic heterocycles. The number of nitrogens with zero attached hydrogens (tertiary/aromatic N) is 5. The van der Waals surface area contributed by atoms with Gasteiger partial charge in [0.2, 0.25) is 0 Å². The van der Waals surface area contributed by atoms with Crippen molar-refractivity contribution in [1.29, 1.82) is 0 Å². The van der Waals surface area contributed by atoms with Crippen LogP contribution in [-0.2, 0) is 13.1 Å². The minimum Gasteiger partial charge on any atom is -0.445 e. The molecule has 1 saturated carbocycles. The van der Waals surface area contributed by atoms with E-state index in [4.69, 9.17) is 16.0 Å². The Labute approximate surface area is 175 Å². The zero-order valence-electron chi connectivity index (χ0n) is 17.2. The van der Waals surface area contributed by atoms with Crippen molar-refractivity contribution in [2.45, 2.75) is 64.5 Å². The Balaban J connectivity index is 1.44. The van der Waals surface area contributed by atoms with E-state index in [1.807, 2.05) is 19.9 Å². The molecule has 3 heterocycles. The highest BCUT2D eigenvalue weighted by molar-refractivity contribution is 6.30. The van der Waals surface area contributed by atoms with E-state index in [9.17, 15) is 0 Å². The van der Waals surface area contributed by atoms with Crippen molar-refractivity contribution in [2.24, 2.45) is 0 Å². The van der Waals surface area contributed by atoms with Crippen molar-refractivity contribution in [3.05, 3.63) is 57.8 Å². The molecule has 3 aromatic rings. The Morgan fingerprint density at radius 1 is 1.03 bits per heavy atom. The van der Waals surface area contributed by atoms with Gasteiger partial charge in [0.25, 0.3) is 0 Å². The quantitative estimate of drug-likeness (QED) is 0.599. The number of aromatic nitrogens is 4. The molecule has 0 spiro atoms. The minimum absolute atomic E-state index is 0.400. The number of aryl methyl sites for hydroxylation is 2. The Bertz CT molecular complexity index is 1030. The van der Waals surface area contributed by atoms with Crippen LogP contribution in [0.2, 0.25) is 5.02 Å². The van der Waals surface area contributed by atoms with Crippen molar-refractivity contribution in [2.75, 3.05) is 7.05 Å². The molecular weight excluding hydrogens is 386 g/mol. The number of hydrogen-bond donors (Lipinski definition) is 0. The molecule has 0 radical (unpaired) electrons. The highest BCUT2D eigenvalue weighted by Gasteiger charge is 2.32. The van der Waals surface area contributed by atoms with Gasteiger partial charge in [-0.1, -0.05) is 11.6 Å². The summed E-state index contributed by atoms with van der Waals surface area (Å²) in [5, 5.41) is 9.98. The molecule has 2 aliphatic rings. The molecule has 0 amide bonds. The number of oxazole rings is 1. The summed E-state index contributed by atoms with van der Waals surface area (Å²) < 4.78 is 8.17. The molecule has 5 rings (SSSR count). The largest absolute Gasteiger partial charge is 0.445 e. The first-order valence-electron chi connectivity index (χ1n) is 10.3. The third kappa shape index (κ3) is 3.38. The van der Waals surface area contributed by atoms with Crippen LogP contribution in [0.4, 0.5) is 0 Å². The van der Waals surface area contributed by atoms with Gasteiger partial charge in [-0.2, -0.15) is 0 Å². The maximum Gasteiger partial charge on any atom is 0.197 e. The van der Waals surface area contributed by atoms with Gasteiger partial charge in [0.05, 0.1) is 17.9 Å². The summed E-state index contributed by atoms with van der Waals surface area (Å²) >= 11 is 6.28. The number of hydrogen-bond acceptors (Lipinski definition) is 5. The van der Waals surface area contributed by atoms with E-state index in [0.29, 0.717) is 11.8 Å². The summed E-state index contributed by atoms with van der Waals surface area (Å²) in [7, 11) is 2.11. The summed E-state index contributed by atoms with van der Waals surface area (Å²) in [6.07, 6.45) is 4.28. The van der Waals surface area contributed by atoms with Gasteiger partial charge in [0.15, 0.2) is 11.7 Å². The molecule has 1 aliphatic heterocycles. The second kappa shape index (κ2) is 7.26. The van der Waals surface area contributed by atoms with E-state index in [-0.39, 0.29) is 0 Å². The summed E-state index contributed by atoms with van der Waals surface area (Å²) in [5.41, 5.74) is 3.39. The fourth-order valence-electron chi connectivity index (χ4n) is 4.72. The minimum atomic E-state index is 0.400. The number of fused-ring (bicyclic) bond motifs is 3. The van der Waals surface area contributed by atoms with Crippen molar-refractivity contribution < 1.29 is 4.42 Å². The Morgan fingerprint density at radius 2 is 1.79 bits per heavy atom. The average Bonchev–Trinajstić information content (AvgIpc) is 3.21. The molecule has 29 heavy (non-hydrogen) atoms. The third-order valence-corrected chi connectivity index (χ3v) is 6.61. The van der Waals surface area contributed by atoms with Crippen LogP contribution >= 0.6 is 11.6 Å². The number of benzene rings is 1. The standard InChI is InChI=1S/C22H26ClN5O/c1-13-14(2)29-22(24-13)16-6-4-15(5-7-16)21-26-25-20-12-27(3)11-17-10-18(23)8-9-19(17)28(20)21/h8-10,15-16H,4-7,11-12H2,1-3H3/t15-,16-. The molecule has 1 aromatic carbocycles. The SMILES string of the molecule is Cc1nc([C@H]2CC[C@H](c3nnc4n3-c3ccc(Cl)cc3CN(C)C4)CC2)oc1C. The first-order valence-corrected chi connectivity index (χ1v) is 10.7. The predicted molar refractivity (Wildman–Crippen MR) is 111 cm³/mol. The highest BCUT2D eigenvalue weighted by Crippen LogP contribution is 2.41. The smallest absolute Gasteiger partial charge is 0.197 e. The summed E-state index contributed by atoms with van der Waals surface area (Å²) in [6.45, 7) is 5.64. The Kier molecular flexibility index (Phi) is 4.71. The van der Waals surface area contributed by atoms with Gasteiger partial charge in [-0.3, -0.25) is 9.47 Å². The summed E-state index contributed by atoms with van der Waals surface area (Å²) in [4.78, 5) is 6.89. The molecule has 0 atom stereocenters. The van der Waals surface area contributed by atoms with Crippen LogP contribution in [0.15, 0.2) is 22.6 Å². The normalized spacial score (nSPS) is 22.2. The van der Waals surface area contributed by atoms with E-state index in [2.05, 4.69) is 43.8 Å². The lowest BCUT2D eigenvalue weighted by Gasteiger charge is -2.26. The van der Waals surface area contributed by atoms with Crippen molar-refractivity contribution in [3.63, 3.8) is 0 Å². The lowest BCUT2D eigenvalue weighted by atomic mass is 9.81. The second-order valence-corrected chi connectivity index (χ2v) is 8.93. The summed E-state index contributed by atoms with van der Waals surface area (Å²) in [5.74, 6) is 4.73. The van der Waals surface area contributed by atoms with Gasteiger partial charge in [-0.25, -0.2) is 4.98 Å². The van der Waals surface area contributed by atoms with Gasteiger partial charge >= 0.3 is 0 Å². The van der Waals surface area contributed by atoms with Crippen LogP contribution in [0.25, 0.3) is 5.69 Å². The highest BCUT2D eigenvalue weighted by atomic mass is 35.5. The monoisotopic (exact) mass is 411 g/mol. The van der Waals surface area contributed by atoms with Crippen molar-refractivity contribution >= 4 is 11.6 Å². The van der Waals surface area contributed by atoms with Crippen molar-refractivity contribution in [1.82, 2.24) is 24.6 Å². The third-order valence-electron chi connectivity index (χ3n) is 6.38. The Hall–Kier alpha value is -2.18. The van der Waals surface area contributed by atoms with Crippen LogP contribution in [0, 0.1) is 13.8 Å². The van der Waals surface area contributed by atoms with E-state index in [1.54, 1.807) is 0 Å². The molecule has 0 unspecified atom stereocenters. The van der Waals surface area contributed by atoms with Crippen LogP contribution in [0.3, 0.4) is 0 Å². The Morgan fingerprint density at radius 3 is 2.52 bits per heavy atom. The molecule has 0 bridgehead atoms. The number of halogens is 1. The lowest BCUT2D eigenvalue weighted by molar-refractivity contribution is 0.314. The second-order valence-electron chi connectivity index (χ2n) is 8.50. The average molecular weight is 412 g/mol. The zero-order valence-corrected chi connectivity index (χ0v) is 17.9. The maximum absolute atomic E-state index is 6.28. The maximum atomic E-state index is 6.28. The van der Waals surface area contributed by atoms with Gasteiger partial charge in [0.1, 0.15) is 11.6 Å². The molecule has 0 saturated heterocycles. The van der Waals surface area contributed by atoms with Gasteiger partial charge in [-0.05, 0) is 70.3 Å². The molecule has 152 valence electrons. The molecule has 1 aliphatic carbocycles. The number of rotatable bonds is 2. The first-order chi connectivity index (χ1) is 14.0. The molecule has 0 N–H and O–H groups in total. The molecule has 1 fully saturated rings. The molecule has 7 heteroatoms. The van der Waals surface area contributed by atoms with E-state index in [0.717, 1.165) is 78.5 Å². The van der Waals surface area contributed by atoms with Crippen LogP contribution in [0.5, 0.6) is 0 Å². The summed E-state index contributed by atoms with van der Waals surface area (Å²) in [6, 6.07) is 6.14.